The van der Waals surface area contributed by atoms with Gasteiger partial charge < -0.3 is 17.5 Å². The summed E-state index contributed by atoms with van der Waals surface area (Å²) in [5.41, 5.74) is 0. The van der Waals surface area contributed by atoms with E-state index in [0.29, 0.717) is 6.54 Å². The molecule has 0 saturated carbocycles. The smallest absolute Gasteiger partial charge is 0.243 e. The van der Waals surface area contributed by atoms with Crippen molar-refractivity contribution in [1.82, 2.24) is 4.57 Å². The molecule has 1 heterocycles. The van der Waals surface area contributed by atoms with Crippen LogP contribution in [0.25, 0.3) is 0 Å². The predicted octanol–water partition coefficient (Wildman–Crippen LogP) is -2.82. The van der Waals surface area contributed by atoms with Gasteiger partial charge in [0.05, 0.1) is 13.2 Å². The molecule has 0 aliphatic carbocycles. The summed E-state index contributed by atoms with van der Waals surface area (Å²) >= 11 is 0. The monoisotopic (exact) mass is 190 g/mol. The molecule has 0 aliphatic rings. The lowest BCUT2D eigenvalue weighted by molar-refractivity contribution is -0.696. The summed E-state index contributed by atoms with van der Waals surface area (Å²) in [7, 11) is 0. The highest BCUT2D eigenvalue weighted by Gasteiger charge is 1.99. The van der Waals surface area contributed by atoms with Crippen molar-refractivity contribution < 1.29 is 22.1 Å². The number of aromatic nitrogens is 2. The van der Waals surface area contributed by atoms with E-state index in [0.717, 1.165) is 13.0 Å². The number of aliphatic hydroxyl groups is 1. The third-order valence-corrected chi connectivity index (χ3v) is 1.59. The highest BCUT2D eigenvalue weighted by Crippen LogP contribution is 1.84. The third-order valence-electron chi connectivity index (χ3n) is 1.59. The zero-order valence-corrected chi connectivity index (χ0v) is 8.04. The third kappa shape index (κ3) is 3.24. The minimum Gasteiger partial charge on any atom is -1.00 e. The predicted molar refractivity (Wildman–Crippen MR) is 42.0 cm³/mol. The second-order valence-corrected chi connectivity index (χ2v) is 2.61. The van der Waals surface area contributed by atoms with Crippen LogP contribution in [0.5, 0.6) is 0 Å². The molecule has 0 radical (unpaired) electrons. The Morgan fingerprint density at radius 1 is 1.50 bits per heavy atom. The van der Waals surface area contributed by atoms with E-state index in [-0.39, 0.29) is 19.0 Å². The SMILES string of the molecule is CCC[n+]1ccn(CCO)c1.[Cl-]. The number of hydrogen-bond acceptors (Lipinski definition) is 1. The quantitative estimate of drug-likeness (QED) is 0.510. The number of hydrogen-bond donors (Lipinski definition) is 1. The first-order chi connectivity index (χ1) is 5.36. The number of nitrogens with zero attached hydrogens (tertiary/aromatic N) is 2. The fourth-order valence-electron chi connectivity index (χ4n) is 1.08. The van der Waals surface area contributed by atoms with Gasteiger partial charge in [-0.3, -0.25) is 0 Å². The van der Waals surface area contributed by atoms with Gasteiger partial charge in [0.2, 0.25) is 6.33 Å². The minimum absolute atomic E-state index is 0. The lowest BCUT2D eigenvalue weighted by atomic mass is 10.5. The van der Waals surface area contributed by atoms with Gasteiger partial charge in [-0.2, -0.15) is 0 Å². The topological polar surface area (TPSA) is 29.0 Å². The average Bonchev–Trinajstić information content (AvgIpc) is 2.38. The Morgan fingerprint density at radius 3 is 2.83 bits per heavy atom. The van der Waals surface area contributed by atoms with Crippen LogP contribution in [-0.4, -0.2) is 16.3 Å². The van der Waals surface area contributed by atoms with E-state index < -0.39 is 0 Å². The molecule has 1 aromatic heterocycles. The largest absolute Gasteiger partial charge is 1.00 e. The molecule has 0 unspecified atom stereocenters. The van der Waals surface area contributed by atoms with Crippen molar-refractivity contribution in [3.05, 3.63) is 18.7 Å². The summed E-state index contributed by atoms with van der Waals surface area (Å²) in [5.74, 6) is 0. The van der Waals surface area contributed by atoms with Crippen LogP contribution in [0, 0.1) is 0 Å². The average molecular weight is 191 g/mol. The first kappa shape index (κ1) is 11.5. The first-order valence-corrected chi connectivity index (χ1v) is 4.02. The van der Waals surface area contributed by atoms with Gasteiger partial charge >= 0.3 is 0 Å². The van der Waals surface area contributed by atoms with E-state index >= 15 is 0 Å². The highest BCUT2D eigenvalue weighted by atomic mass is 35.5. The molecular formula is C8H15ClN2O. The maximum Gasteiger partial charge on any atom is 0.243 e. The first-order valence-electron chi connectivity index (χ1n) is 4.02. The van der Waals surface area contributed by atoms with Crippen LogP contribution >= 0.6 is 0 Å². The molecule has 1 N–H and O–H groups in total. The van der Waals surface area contributed by atoms with Gasteiger partial charge in [0.1, 0.15) is 18.9 Å². The molecule has 0 amide bonds. The van der Waals surface area contributed by atoms with Crippen LogP contribution in [0.3, 0.4) is 0 Å². The van der Waals surface area contributed by atoms with Crippen molar-refractivity contribution in [2.75, 3.05) is 6.61 Å². The Bertz CT molecular complexity index is 192. The van der Waals surface area contributed by atoms with E-state index in [9.17, 15) is 0 Å². The fourth-order valence-corrected chi connectivity index (χ4v) is 1.08. The Hall–Kier alpha value is -0.540. The van der Waals surface area contributed by atoms with E-state index in [1.165, 1.54) is 0 Å². The molecule has 0 fully saturated rings. The molecule has 0 bridgehead atoms. The molecule has 1 aromatic rings. The molecule has 1 rings (SSSR count). The highest BCUT2D eigenvalue weighted by molar-refractivity contribution is 4.65. The lowest BCUT2D eigenvalue weighted by Crippen LogP contribution is -3.00. The molecule has 0 saturated heterocycles. The lowest BCUT2D eigenvalue weighted by Gasteiger charge is -1.90. The summed E-state index contributed by atoms with van der Waals surface area (Å²) in [6.45, 7) is 4.10. The van der Waals surface area contributed by atoms with Crippen molar-refractivity contribution in [1.29, 1.82) is 0 Å². The van der Waals surface area contributed by atoms with Crippen molar-refractivity contribution in [3.63, 3.8) is 0 Å². The van der Waals surface area contributed by atoms with Crippen molar-refractivity contribution in [2.24, 2.45) is 0 Å². The van der Waals surface area contributed by atoms with Gasteiger partial charge in [-0.15, -0.1) is 0 Å². The summed E-state index contributed by atoms with van der Waals surface area (Å²) in [6, 6.07) is 0. The Labute approximate surface area is 79.1 Å². The molecule has 3 nitrogen and oxygen atoms in total. The van der Waals surface area contributed by atoms with Gasteiger partial charge in [-0.25, -0.2) is 9.13 Å². The zero-order valence-electron chi connectivity index (χ0n) is 7.28. The molecule has 70 valence electrons. The minimum atomic E-state index is 0. The molecular weight excluding hydrogens is 176 g/mol. The van der Waals surface area contributed by atoms with Gasteiger partial charge in [-0.05, 0) is 6.42 Å². The second kappa shape index (κ2) is 6.03. The van der Waals surface area contributed by atoms with Crippen LogP contribution in [0.4, 0.5) is 0 Å². The van der Waals surface area contributed by atoms with Crippen LogP contribution in [0.1, 0.15) is 13.3 Å². The zero-order chi connectivity index (χ0) is 8.10. The normalized spacial score (nSPS) is 9.50. The molecule has 0 atom stereocenters. The van der Waals surface area contributed by atoms with E-state index in [1.807, 2.05) is 23.3 Å². The maximum absolute atomic E-state index is 8.63. The maximum atomic E-state index is 8.63. The van der Waals surface area contributed by atoms with Gasteiger partial charge in [0.15, 0.2) is 0 Å². The summed E-state index contributed by atoms with van der Waals surface area (Å²) in [6.07, 6.45) is 7.17. The second-order valence-electron chi connectivity index (χ2n) is 2.61. The molecule has 0 aromatic carbocycles. The van der Waals surface area contributed by atoms with Gasteiger partial charge in [0, 0.05) is 0 Å². The van der Waals surface area contributed by atoms with E-state index in [1.54, 1.807) is 0 Å². The van der Waals surface area contributed by atoms with Crippen LogP contribution in [0.15, 0.2) is 18.7 Å². The van der Waals surface area contributed by atoms with E-state index in [4.69, 9.17) is 5.11 Å². The summed E-state index contributed by atoms with van der Waals surface area (Å²) in [4.78, 5) is 0. The van der Waals surface area contributed by atoms with Crippen LogP contribution < -0.4 is 17.0 Å². The summed E-state index contributed by atoms with van der Waals surface area (Å²) in [5, 5.41) is 8.63. The molecule has 4 heteroatoms. The number of aliphatic hydroxyl groups excluding tert-OH is 1. The van der Waals surface area contributed by atoms with Crippen molar-refractivity contribution in [3.8, 4) is 0 Å². The number of aryl methyl sites for hydroxylation is 1. The van der Waals surface area contributed by atoms with Gasteiger partial charge in [-0.1, -0.05) is 6.92 Å². The fraction of sp³-hybridized carbons (Fsp3) is 0.625. The Balaban J connectivity index is 0.00000121. The van der Waals surface area contributed by atoms with E-state index in [2.05, 4.69) is 11.5 Å². The number of imidazole rings is 1. The van der Waals surface area contributed by atoms with Crippen molar-refractivity contribution >= 4 is 0 Å². The Morgan fingerprint density at radius 2 is 2.25 bits per heavy atom. The molecule has 12 heavy (non-hydrogen) atoms. The summed E-state index contributed by atoms with van der Waals surface area (Å²) < 4.78 is 4.10. The molecule has 0 spiro atoms. The van der Waals surface area contributed by atoms with Crippen LogP contribution in [-0.2, 0) is 13.1 Å². The van der Waals surface area contributed by atoms with Crippen LogP contribution in [0.2, 0.25) is 0 Å². The number of rotatable bonds is 4. The standard InChI is InChI=1S/C8H15N2O.ClH/c1-2-3-9-4-5-10(8-9)6-7-11;/h4-5,8,11H,2-3,6-7H2,1H3;1H/q+1;/p-1. The van der Waals surface area contributed by atoms with Crippen molar-refractivity contribution in [2.45, 2.75) is 26.4 Å². The Kier molecular flexibility index (Phi) is 5.76. The molecule has 0 aliphatic heterocycles. The van der Waals surface area contributed by atoms with Gasteiger partial charge in [0.25, 0.3) is 0 Å². The number of halogens is 1.